The number of hydrogen-bond donors (Lipinski definition) is 1. The highest BCUT2D eigenvalue weighted by atomic mass is 16.5. The summed E-state index contributed by atoms with van der Waals surface area (Å²) in [4.78, 5) is 16.8. The van der Waals surface area contributed by atoms with Crippen LogP contribution in [0.3, 0.4) is 0 Å². The lowest BCUT2D eigenvalue weighted by Crippen LogP contribution is -2.42. The lowest BCUT2D eigenvalue weighted by molar-refractivity contribution is -0.132. The van der Waals surface area contributed by atoms with Crippen LogP contribution in [0.25, 0.3) is 0 Å². The van der Waals surface area contributed by atoms with Crippen LogP contribution in [0, 0.1) is 0 Å². The molecular weight excluding hydrogens is 380 g/mol. The first kappa shape index (κ1) is 22.3. The molecule has 0 aliphatic carbocycles. The van der Waals surface area contributed by atoms with Gasteiger partial charge in [0.1, 0.15) is 5.75 Å². The summed E-state index contributed by atoms with van der Waals surface area (Å²) in [5, 5.41) is 9.61. The molecule has 0 saturated carbocycles. The summed E-state index contributed by atoms with van der Waals surface area (Å²) >= 11 is 0. The number of nitrogens with zero attached hydrogens (tertiary/aromatic N) is 2. The molecule has 0 radical (unpaired) electrons. The van der Waals surface area contributed by atoms with Crippen LogP contribution in [-0.4, -0.2) is 72.9 Å². The first-order valence-electron chi connectivity index (χ1n) is 10.5. The third-order valence-corrected chi connectivity index (χ3v) is 5.57. The van der Waals surface area contributed by atoms with Gasteiger partial charge in [0.05, 0.1) is 33.0 Å². The van der Waals surface area contributed by atoms with E-state index in [1.54, 1.807) is 7.11 Å². The number of aliphatic hydroxyl groups is 1. The highest BCUT2D eigenvalue weighted by Gasteiger charge is 2.30. The molecule has 2 atom stereocenters. The summed E-state index contributed by atoms with van der Waals surface area (Å²) in [7, 11) is 1.65. The first-order chi connectivity index (χ1) is 14.6. The van der Waals surface area contributed by atoms with Crippen molar-refractivity contribution in [3.05, 3.63) is 65.7 Å². The number of ether oxygens (including phenoxy) is 2. The van der Waals surface area contributed by atoms with Crippen LogP contribution in [0.15, 0.2) is 54.6 Å². The van der Waals surface area contributed by atoms with Gasteiger partial charge in [-0.25, -0.2) is 0 Å². The Bertz CT molecular complexity index is 799. The quantitative estimate of drug-likeness (QED) is 0.685. The summed E-state index contributed by atoms with van der Waals surface area (Å²) in [5.74, 6) is 0.880. The maximum Gasteiger partial charge on any atom is 0.236 e. The smallest absolute Gasteiger partial charge is 0.236 e. The molecule has 2 aromatic carbocycles. The fourth-order valence-corrected chi connectivity index (χ4v) is 3.66. The largest absolute Gasteiger partial charge is 0.497 e. The summed E-state index contributed by atoms with van der Waals surface area (Å²) in [6.45, 7) is 4.51. The second-order valence-corrected chi connectivity index (χ2v) is 7.82. The number of benzene rings is 2. The van der Waals surface area contributed by atoms with Gasteiger partial charge in [0.15, 0.2) is 0 Å². The van der Waals surface area contributed by atoms with Crippen molar-refractivity contribution < 1.29 is 19.4 Å². The molecule has 1 fully saturated rings. The molecule has 162 valence electrons. The van der Waals surface area contributed by atoms with E-state index < -0.39 is 0 Å². The van der Waals surface area contributed by atoms with E-state index in [0.717, 1.165) is 17.7 Å². The van der Waals surface area contributed by atoms with E-state index in [0.29, 0.717) is 32.8 Å². The van der Waals surface area contributed by atoms with E-state index in [4.69, 9.17) is 9.47 Å². The fourth-order valence-electron chi connectivity index (χ4n) is 3.66. The van der Waals surface area contributed by atoms with Crippen molar-refractivity contribution in [1.82, 2.24) is 9.80 Å². The lowest BCUT2D eigenvalue weighted by Gasteiger charge is -2.27. The summed E-state index contributed by atoms with van der Waals surface area (Å²) in [6, 6.07) is 17.9. The summed E-state index contributed by atoms with van der Waals surface area (Å²) in [6.07, 6.45) is 0.678. The van der Waals surface area contributed by atoms with Gasteiger partial charge in [0, 0.05) is 25.7 Å². The van der Waals surface area contributed by atoms with Crippen molar-refractivity contribution in [2.45, 2.75) is 32.1 Å². The molecule has 1 aliphatic heterocycles. The Morgan fingerprint density at radius 2 is 1.87 bits per heavy atom. The molecule has 2 aromatic rings. The van der Waals surface area contributed by atoms with Gasteiger partial charge in [0.25, 0.3) is 0 Å². The average Bonchev–Trinajstić information content (AvgIpc) is 2.95. The van der Waals surface area contributed by atoms with Crippen LogP contribution < -0.4 is 4.74 Å². The molecule has 30 heavy (non-hydrogen) atoms. The number of carbonyl (C=O) groups excluding carboxylic acids is 1. The Morgan fingerprint density at radius 3 is 2.60 bits per heavy atom. The normalized spacial score (nSPS) is 18.8. The third-order valence-electron chi connectivity index (χ3n) is 5.57. The van der Waals surface area contributed by atoms with E-state index in [1.807, 2.05) is 59.2 Å². The molecule has 6 nitrogen and oxygen atoms in total. The van der Waals surface area contributed by atoms with E-state index in [-0.39, 0.29) is 24.7 Å². The van der Waals surface area contributed by atoms with Gasteiger partial charge in [0.2, 0.25) is 5.91 Å². The van der Waals surface area contributed by atoms with Gasteiger partial charge in [-0.05, 0) is 36.6 Å². The third kappa shape index (κ3) is 6.29. The molecule has 0 spiro atoms. The standard InChI is InChI=1S/C24H32N2O4/c1-19(17-27)26-15-23(30-18-21-9-6-10-22(13-21)29-2)14-25(24(28)16-26)12-11-20-7-4-3-5-8-20/h3-10,13,19,23,27H,11-12,14-18H2,1-2H3/t19-,23-/m1/s1. The minimum atomic E-state index is -0.132. The number of amides is 1. The predicted octanol–water partition coefficient (Wildman–Crippen LogP) is 2.35. The van der Waals surface area contributed by atoms with Crippen LogP contribution in [0.5, 0.6) is 5.75 Å². The maximum atomic E-state index is 12.9. The van der Waals surface area contributed by atoms with Crippen LogP contribution in [0.4, 0.5) is 0 Å². The molecule has 6 heteroatoms. The molecule has 1 N–H and O–H groups in total. The van der Waals surface area contributed by atoms with Crippen molar-refractivity contribution in [1.29, 1.82) is 0 Å². The van der Waals surface area contributed by atoms with Gasteiger partial charge in [-0.1, -0.05) is 42.5 Å². The second-order valence-electron chi connectivity index (χ2n) is 7.82. The van der Waals surface area contributed by atoms with Crippen molar-refractivity contribution >= 4 is 5.91 Å². The monoisotopic (exact) mass is 412 g/mol. The molecule has 1 aliphatic rings. The van der Waals surface area contributed by atoms with Crippen molar-refractivity contribution in [2.24, 2.45) is 0 Å². The Balaban J connectivity index is 1.67. The molecule has 3 rings (SSSR count). The minimum Gasteiger partial charge on any atom is -0.497 e. The molecule has 0 bridgehead atoms. The van der Waals surface area contributed by atoms with Crippen LogP contribution in [-0.2, 0) is 22.6 Å². The zero-order valence-corrected chi connectivity index (χ0v) is 17.9. The topological polar surface area (TPSA) is 62.2 Å². The number of rotatable bonds is 9. The van der Waals surface area contributed by atoms with Crippen LogP contribution >= 0.6 is 0 Å². The molecule has 1 heterocycles. The highest BCUT2D eigenvalue weighted by Crippen LogP contribution is 2.17. The van der Waals surface area contributed by atoms with Crippen LogP contribution in [0.2, 0.25) is 0 Å². The number of methoxy groups -OCH3 is 1. The van der Waals surface area contributed by atoms with Crippen LogP contribution in [0.1, 0.15) is 18.1 Å². The van der Waals surface area contributed by atoms with Gasteiger partial charge in [-0.2, -0.15) is 0 Å². The molecule has 0 aromatic heterocycles. The lowest BCUT2D eigenvalue weighted by atomic mass is 10.1. The number of carbonyl (C=O) groups is 1. The van der Waals surface area contributed by atoms with Crippen molar-refractivity contribution in [3.8, 4) is 5.75 Å². The molecule has 0 unspecified atom stereocenters. The highest BCUT2D eigenvalue weighted by molar-refractivity contribution is 5.78. The van der Waals surface area contributed by atoms with Crippen molar-refractivity contribution in [3.63, 3.8) is 0 Å². The molecular formula is C24H32N2O4. The Kier molecular flexibility index (Phi) is 8.25. The average molecular weight is 413 g/mol. The van der Waals surface area contributed by atoms with Gasteiger partial charge in [-0.15, -0.1) is 0 Å². The number of aliphatic hydroxyl groups excluding tert-OH is 1. The van der Waals surface area contributed by atoms with Crippen molar-refractivity contribution in [2.75, 3.05) is 39.9 Å². The fraction of sp³-hybridized carbons (Fsp3) is 0.458. The maximum absolute atomic E-state index is 12.9. The molecule has 1 saturated heterocycles. The van der Waals surface area contributed by atoms with Gasteiger partial charge >= 0.3 is 0 Å². The minimum absolute atomic E-state index is 0.0138. The van der Waals surface area contributed by atoms with Gasteiger partial charge < -0.3 is 19.5 Å². The van der Waals surface area contributed by atoms with E-state index in [2.05, 4.69) is 12.1 Å². The second kappa shape index (κ2) is 11.1. The van der Waals surface area contributed by atoms with E-state index >= 15 is 0 Å². The summed E-state index contributed by atoms with van der Waals surface area (Å²) in [5.41, 5.74) is 2.24. The Hall–Kier alpha value is -2.41. The van der Waals surface area contributed by atoms with Gasteiger partial charge in [-0.3, -0.25) is 9.69 Å². The van der Waals surface area contributed by atoms with E-state index in [9.17, 15) is 9.90 Å². The van der Waals surface area contributed by atoms with E-state index in [1.165, 1.54) is 5.56 Å². The zero-order valence-electron chi connectivity index (χ0n) is 17.9. The zero-order chi connectivity index (χ0) is 21.3. The summed E-state index contributed by atoms with van der Waals surface area (Å²) < 4.78 is 11.5. The molecule has 1 amide bonds. The predicted molar refractivity (Wildman–Crippen MR) is 116 cm³/mol. The first-order valence-corrected chi connectivity index (χ1v) is 10.5. The SMILES string of the molecule is COc1cccc(CO[C@@H]2CN(CCc3ccccc3)C(=O)CN([C@H](C)CO)C2)c1. The Labute approximate surface area is 179 Å². The number of hydrogen-bond acceptors (Lipinski definition) is 5. The Morgan fingerprint density at radius 1 is 1.10 bits per heavy atom.